The van der Waals surface area contributed by atoms with Gasteiger partial charge in [0.05, 0.1) is 11.1 Å². The summed E-state index contributed by atoms with van der Waals surface area (Å²) in [4.78, 5) is 38.4. The van der Waals surface area contributed by atoms with Crippen LogP contribution in [-0.4, -0.2) is 48.3 Å². The Labute approximate surface area is 128 Å². The number of fused-ring (bicyclic) bond motifs is 1. The maximum atomic E-state index is 12.8. The number of amides is 3. The first-order valence-electron chi connectivity index (χ1n) is 7.57. The van der Waals surface area contributed by atoms with Crippen LogP contribution in [0.25, 0.3) is 0 Å². The lowest BCUT2D eigenvalue weighted by Gasteiger charge is -2.25. The maximum absolute atomic E-state index is 12.8. The Morgan fingerprint density at radius 2 is 2.05 bits per heavy atom. The number of rotatable bonds is 1. The van der Waals surface area contributed by atoms with Crippen LogP contribution in [0, 0.1) is 0 Å². The van der Waals surface area contributed by atoms with E-state index in [9.17, 15) is 14.4 Å². The average molecular weight is 305 g/mol. The molecule has 7 heteroatoms. The Balaban J connectivity index is 1.94. The van der Waals surface area contributed by atoms with Crippen LogP contribution in [0.2, 0.25) is 0 Å². The summed E-state index contributed by atoms with van der Waals surface area (Å²) in [5, 5.41) is 5.54. The summed E-state index contributed by atoms with van der Waals surface area (Å²) < 4.78 is 5.43. The van der Waals surface area contributed by atoms with Gasteiger partial charge in [0.2, 0.25) is 5.91 Å². The average Bonchev–Trinajstić information content (AvgIpc) is 2.75. The number of hydrogen-bond acceptors (Lipinski definition) is 4. The molecule has 0 bridgehead atoms. The minimum Gasteiger partial charge on any atom is -0.468 e. The summed E-state index contributed by atoms with van der Waals surface area (Å²) in [6.07, 6.45) is 3.43. The summed E-state index contributed by atoms with van der Waals surface area (Å²) in [6.45, 7) is 3.29. The van der Waals surface area contributed by atoms with Crippen molar-refractivity contribution in [1.82, 2.24) is 15.5 Å². The fraction of sp³-hybridized carbons (Fsp3) is 0.533. The molecule has 3 amide bonds. The normalized spacial score (nSPS) is 22.2. The number of nitrogens with zero attached hydrogens (tertiary/aromatic N) is 1. The number of nitrogens with one attached hydrogen (secondary N) is 2. The Bertz CT molecular complexity index is 622. The van der Waals surface area contributed by atoms with Crippen molar-refractivity contribution >= 4 is 17.7 Å². The van der Waals surface area contributed by atoms with E-state index in [0.717, 1.165) is 6.42 Å². The molecular weight excluding hydrogens is 286 g/mol. The van der Waals surface area contributed by atoms with E-state index >= 15 is 0 Å². The predicted molar refractivity (Wildman–Crippen MR) is 77.5 cm³/mol. The van der Waals surface area contributed by atoms with Gasteiger partial charge in [0.25, 0.3) is 11.8 Å². The lowest BCUT2D eigenvalue weighted by Crippen LogP contribution is -2.45. The quantitative estimate of drug-likeness (QED) is 0.781. The SMILES string of the molecule is C[C@H]1C(=O)NCCCN1C(=O)c1coc2c1C(=O)NCCC2. The van der Waals surface area contributed by atoms with Gasteiger partial charge in [0.1, 0.15) is 18.1 Å². The lowest BCUT2D eigenvalue weighted by molar-refractivity contribution is -0.124. The van der Waals surface area contributed by atoms with Crippen LogP contribution in [0.3, 0.4) is 0 Å². The van der Waals surface area contributed by atoms with Crippen molar-refractivity contribution in [2.24, 2.45) is 0 Å². The third-order valence-electron chi connectivity index (χ3n) is 4.17. The first kappa shape index (κ1) is 14.6. The van der Waals surface area contributed by atoms with Gasteiger partial charge in [-0.05, 0) is 19.8 Å². The third-order valence-corrected chi connectivity index (χ3v) is 4.17. The van der Waals surface area contributed by atoms with E-state index in [4.69, 9.17) is 4.42 Å². The Kier molecular flexibility index (Phi) is 3.87. The lowest BCUT2D eigenvalue weighted by atomic mass is 10.1. The highest BCUT2D eigenvalue weighted by molar-refractivity contribution is 6.08. The van der Waals surface area contributed by atoms with E-state index in [1.807, 2.05) is 0 Å². The topological polar surface area (TPSA) is 91.7 Å². The largest absolute Gasteiger partial charge is 0.468 e. The van der Waals surface area contributed by atoms with Gasteiger partial charge in [-0.25, -0.2) is 0 Å². The van der Waals surface area contributed by atoms with Crippen LogP contribution < -0.4 is 10.6 Å². The van der Waals surface area contributed by atoms with E-state index in [0.29, 0.717) is 43.8 Å². The number of carbonyl (C=O) groups is 3. The van der Waals surface area contributed by atoms with Gasteiger partial charge >= 0.3 is 0 Å². The second-order valence-corrected chi connectivity index (χ2v) is 5.63. The Morgan fingerprint density at radius 3 is 2.86 bits per heavy atom. The van der Waals surface area contributed by atoms with Crippen molar-refractivity contribution in [3.05, 3.63) is 23.2 Å². The molecule has 1 saturated heterocycles. The molecule has 3 rings (SSSR count). The van der Waals surface area contributed by atoms with Crippen LogP contribution in [0.5, 0.6) is 0 Å². The molecule has 0 aliphatic carbocycles. The molecule has 1 fully saturated rings. The zero-order valence-electron chi connectivity index (χ0n) is 12.5. The Morgan fingerprint density at radius 1 is 1.27 bits per heavy atom. The number of hydrogen-bond donors (Lipinski definition) is 2. The fourth-order valence-electron chi connectivity index (χ4n) is 2.90. The van der Waals surface area contributed by atoms with Crippen molar-refractivity contribution in [3.63, 3.8) is 0 Å². The monoisotopic (exact) mass is 305 g/mol. The molecule has 0 spiro atoms. The van der Waals surface area contributed by atoms with Gasteiger partial charge in [0.15, 0.2) is 0 Å². The van der Waals surface area contributed by atoms with Gasteiger partial charge in [-0.15, -0.1) is 0 Å². The highest BCUT2D eigenvalue weighted by Gasteiger charge is 2.33. The molecule has 7 nitrogen and oxygen atoms in total. The molecule has 118 valence electrons. The molecule has 0 radical (unpaired) electrons. The highest BCUT2D eigenvalue weighted by atomic mass is 16.3. The van der Waals surface area contributed by atoms with Gasteiger partial charge in [-0.2, -0.15) is 0 Å². The minimum absolute atomic E-state index is 0.176. The summed E-state index contributed by atoms with van der Waals surface area (Å²) >= 11 is 0. The maximum Gasteiger partial charge on any atom is 0.258 e. The molecule has 0 aromatic carbocycles. The summed E-state index contributed by atoms with van der Waals surface area (Å²) in [5.41, 5.74) is 0.565. The van der Waals surface area contributed by atoms with Crippen molar-refractivity contribution in [1.29, 1.82) is 0 Å². The van der Waals surface area contributed by atoms with E-state index in [2.05, 4.69) is 10.6 Å². The van der Waals surface area contributed by atoms with Crippen LogP contribution >= 0.6 is 0 Å². The molecule has 2 N–H and O–H groups in total. The minimum atomic E-state index is -0.561. The van der Waals surface area contributed by atoms with Crippen LogP contribution in [0.4, 0.5) is 0 Å². The predicted octanol–water partition coefficient (Wildman–Crippen LogP) is 0.306. The Hall–Kier alpha value is -2.31. The zero-order valence-corrected chi connectivity index (χ0v) is 12.5. The van der Waals surface area contributed by atoms with Gasteiger partial charge < -0.3 is 20.0 Å². The summed E-state index contributed by atoms with van der Waals surface area (Å²) in [6, 6.07) is -0.561. The molecule has 0 saturated carbocycles. The van der Waals surface area contributed by atoms with Crippen molar-refractivity contribution in [3.8, 4) is 0 Å². The standard InChI is InChI=1S/C15H19N3O4/c1-9-13(19)16-6-3-7-18(9)15(21)10-8-22-11-4-2-5-17-14(20)12(10)11/h8-9H,2-7H2,1H3,(H,16,19)(H,17,20)/t9-/m0/s1. The van der Waals surface area contributed by atoms with E-state index in [-0.39, 0.29) is 23.3 Å². The second-order valence-electron chi connectivity index (χ2n) is 5.63. The third kappa shape index (κ3) is 2.47. The van der Waals surface area contributed by atoms with Crippen molar-refractivity contribution < 1.29 is 18.8 Å². The van der Waals surface area contributed by atoms with Gasteiger partial charge in [-0.3, -0.25) is 14.4 Å². The summed E-state index contributed by atoms with van der Waals surface area (Å²) in [7, 11) is 0. The van der Waals surface area contributed by atoms with Crippen LogP contribution in [0.15, 0.2) is 10.7 Å². The first-order valence-corrected chi connectivity index (χ1v) is 7.57. The molecule has 1 atom stereocenters. The van der Waals surface area contributed by atoms with Gasteiger partial charge in [0, 0.05) is 26.1 Å². The first-order chi connectivity index (χ1) is 10.6. The van der Waals surface area contributed by atoms with Crippen LogP contribution in [-0.2, 0) is 11.2 Å². The molecule has 0 unspecified atom stereocenters. The van der Waals surface area contributed by atoms with E-state index < -0.39 is 6.04 Å². The van der Waals surface area contributed by atoms with E-state index in [1.54, 1.807) is 6.92 Å². The van der Waals surface area contributed by atoms with Crippen LogP contribution in [0.1, 0.15) is 46.2 Å². The second kappa shape index (κ2) is 5.82. The number of aryl methyl sites for hydroxylation is 1. The molecule has 2 aliphatic heterocycles. The van der Waals surface area contributed by atoms with Gasteiger partial charge in [-0.1, -0.05) is 0 Å². The number of furan rings is 1. The molecule has 22 heavy (non-hydrogen) atoms. The smallest absolute Gasteiger partial charge is 0.258 e. The molecule has 2 aliphatic rings. The molecular formula is C15H19N3O4. The van der Waals surface area contributed by atoms with Crippen molar-refractivity contribution in [2.45, 2.75) is 32.2 Å². The highest BCUT2D eigenvalue weighted by Crippen LogP contribution is 2.23. The molecule has 1 aromatic heterocycles. The molecule has 1 aromatic rings. The van der Waals surface area contributed by atoms with E-state index in [1.165, 1.54) is 11.2 Å². The zero-order chi connectivity index (χ0) is 15.7. The van der Waals surface area contributed by atoms with Crippen molar-refractivity contribution in [2.75, 3.05) is 19.6 Å². The molecule has 3 heterocycles. The number of carbonyl (C=O) groups excluding carboxylic acids is 3. The summed E-state index contributed by atoms with van der Waals surface area (Å²) in [5.74, 6) is -0.238. The fourth-order valence-corrected chi connectivity index (χ4v) is 2.90.